The van der Waals surface area contributed by atoms with Crippen LogP contribution in [-0.2, 0) is 9.53 Å². The average Bonchev–Trinajstić information content (AvgIpc) is 2.32. The Morgan fingerprint density at radius 2 is 2.20 bits per heavy atom. The van der Waals surface area contributed by atoms with E-state index in [-0.39, 0.29) is 18.4 Å². The molecule has 1 amide bonds. The smallest absolute Gasteiger partial charge is 0.219 e. The highest BCUT2D eigenvalue weighted by Gasteiger charge is 2.23. The highest BCUT2D eigenvalue weighted by molar-refractivity contribution is 5.74. The number of nitrogens with two attached hydrogens (primary N) is 1. The van der Waals surface area contributed by atoms with Gasteiger partial charge < -0.3 is 20.9 Å². The number of β-amino-alcohol motifs (C(OH)–C–C–N with tert-alkyl or cyclic N) is 1. The van der Waals surface area contributed by atoms with Crippen LogP contribution in [0.2, 0.25) is 0 Å². The van der Waals surface area contributed by atoms with Crippen LogP contribution in [0.4, 0.5) is 0 Å². The number of nitrogens with one attached hydrogen (secondary N) is 1. The van der Waals surface area contributed by atoms with Crippen LogP contribution in [0.1, 0.15) is 52.9 Å². The monoisotopic (exact) mass is 286 g/mol. The molecule has 5 heteroatoms. The number of aliphatic hydroxyl groups is 1. The Morgan fingerprint density at radius 1 is 1.50 bits per heavy atom. The largest absolute Gasteiger partial charge is 0.389 e. The van der Waals surface area contributed by atoms with Crippen molar-refractivity contribution in [3.05, 3.63) is 0 Å². The van der Waals surface area contributed by atoms with E-state index in [2.05, 4.69) is 12.2 Å². The third-order valence-corrected chi connectivity index (χ3v) is 3.85. The van der Waals surface area contributed by atoms with Crippen molar-refractivity contribution in [3.8, 4) is 0 Å². The molecule has 0 radical (unpaired) electrons. The summed E-state index contributed by atoms with van der Waals surface area (Å²) in [4.78, 5) is 10.9. The molecule has 0 aromatic heterocycles. The van der Waals surface area contributed by atoms with E-state index < -0.39 is 11.6 Å². The number of hydrogen-bond donors (Lipinski definition) is 3. The Kier molecular flexibility index (Phi) is 6.92. The van der Waals surface area contributed by atoms with Gasteiger partial charge in [0, 0.05) is 18.5 Å². The van der Waals surface area contributed by atoms with Crippen molar-refractivity contribution in [2.75, 3.05) is 13.2 Å². The predicted molar refractivity (Wildman–Crippen MR) is 79.3 cm³/mol. The number of aliphatic hydroxyl groups excluding tert-OH is 1. The molecule has 1 rings (SSSR count). The summed E-state index contributed by atoms with van der Waals surface area (Å²) in [6.07, 6.45) is 4.66. The Hall–Kier alpha value is -0.650. The van der Waals surface area contributed by atoms with Crippen molar-refractivity contribution in [1.29, 1.82) is 0 Å². The summed E-state index contributed by atoms with van der Waals surface area (Å²) in [5, 5.41) is 13.1. The molecule has 0 bridgehead atoms. The first-order chi connectivity index (χ1) is 9.28. The molecule has 3 unspecified atom stereocenters. The molecule has 1 fully saturated rings. The van der Waals surface area contributed by atoms with Crippen LogP contribution in [0, 0.1) is 5.92 Å². The van der Waals surface area contributed by atoms with Crippen LogP contribution >= 0.6 is 0 Å². The Balaban J connectivity index is 2.19. The highest BCUT2D eigenvalue weighted by atomic mass is 16.5. The molecule has 0 heterocycles. The summed E-state index contributed by atoms with van der Waals surface area (Å²) in [6.45, 7) is 6.79. The quantitative estimate of drug-likeness (QED) is 0.625. The molecule has 0 aromatic carbocycles. The van der Waals surface area contributed by atoms with Gasteiger partial charge in [-0.05, 0) is 32.6 Å². The number of carbonyl (C=O) groups is 1. The molecule has 3 atom stereocenters. The van der Waals surface area contributed by atoms with Gasteiger partial charge in [-0.15, -0.1) is 0 Å². The molecular weight excluding hydrogens is 256 g/mol. The van der Waals surface area contributed by atoms with Crippen molar-refractivity contribution in [1.82, 2.24) is 5.32 Å². The zero-order chi connectivity index (χ0) is 15.2. The van der Waals surface area contributed by atoms with Crippen LogP contribution in [0.25, 0.3) is 0 Å². The van der Waals surface area contributed by atoms with E-state index in [9.17, 15) is 9.90 Å². The maximum Gasteiger partial charge on any atom is 0.219 e. The second kappa shape index (κ2) is 7.96. The zero-order valence-electron chi connectivity index (χ0n) is 13.0. The van der Waals surface area contributed by atoms with Crippen molar-refractivity contribution < 1.29 is 14.6 Å². The molecule has 1 saturated carbocycles. The van der Waals surface area contributed by atoms with E-state index in [0.717, 1.165) is 18.8 Å². The normalized spacial score (nSPS) is 25.4. The van der Waals surface area contributed by atoms with Gasteiger partial charge in [-0.1, -0.05) is 19.8 Å². The van der Waals surface area contributed by atoms with Crippen LogP contribution in [0.15, 0.2) is 0 Å². The average molecular weight is 286 g/mol. The second-order valence-electron chi connectivity index (χ2n) is 6.79. The summed E-state index contributed by atoms with van der Waals surface area (Å²) in [5.41, 5.74) is 4.79. The van der Waals surface area contributed by atoms with E-state index in [4.69, 9.17) is 10.5 Å². The lowest BCUT2D eigenvalue weighted by molar-refractivity contribution is -0.119. The first kappa shape index (κ1) is 17.4. The lowest BCUT2D eigenvalue weighted by Crippen LogP contribution is -2.47. The summed E-state index contributed by atoms with van der Waals surface area (Å²) >= 11 is 0. The Morgan fingerprint density at radius 3 is 2.80 bits per heavy atom. The predicted octanol–water partition coefficient (Wildman–Crippen LogP) is 1.19. The van der Waals surface area contributed by atoms with Gasteiger partial charge in [-0.3, -0.25) is 4.79 Å². The van der Waals surface area contributed by atoms with Crippen LogP contribution in [0.5, 0.6) is 0 Å². The van der Waals surface area contributed by atoms with Gasteiger partial charge in [-0.2, -0.15) is 0 Å². The standard InChI is InChI=1S/C15H30N2O3/c1-11-5-4-6-13(7-11)20-10-12(18)9-17-15(2,3)8-14(16)19/h11-13,17-18H,4-10H2,1-3H3,(H2,16,19). The molecule has 1 aliphatic rings. The van der Waals surface area contributed by atoms with Crippen molar-refractivity contribution in [3.63, 3.8) is 0 Å². The van der Waals surface area contributed by atoms with Gasteiger partial charge >= 0.3 is 0 Å². The van der Waals surface area contributed by atoms with Crippen LogP contribution < -0.4 is 11.1 Å². The van der Waals surface area contributed by atoms with E-state index in [1.54, 1.807) is 0 Å². The number of amides is 1. The molecule has 0 aliphatic heterocycles. The topological polar surface area (TPSA) is 84.6 Å². The van der Waals surface area contributed by atoms with Crippen molar-refractivity contribution in [2.24, 2.45) is 11.7 Å². The molecule has 0 aromatic rings. The van der Waals surface area contributed by atoms with E-state index in [1.807, 2.05) is 13.8 Å². The van der Waals surface area contributed by atoms with E-state index in [0.29, 0.717) is 13.2 Å². The fourth-order valence-corrected chi connectivity index (χ4v) is 2.73. The molecule has 4 N–H and O–H groups in total. The summed E-state index contributed by atoms with van der Waals surface area (Å²) in [7, 11) is 0. The number of rotatable bonds is 8. The molecular formula is C15H30N2O3. The minimum Gasteiger partial charge on any atom is -0.389 e. The van der Waals surface area contributed by atoms with E-state index in [1.165, 1.54) is 12.8 Å². The molecule has 0 spiro atoms. The number of ether oxygens (including phenoxy) is 1. The van der Waals surface area contributed by atoms with Gasteiger partial charge in [0.2, 0.25) is 5.91 Å². The SMILES string of the molecule is CC1CCCC(OCC(O)CNC(C)(C)CC(N)=O)C1. The summed E-state index contributed by atoms with van der Waals surface area (Å²) < 4.78 is 5.78. The second-order valence-corrected chi connectivity index (χ2v) is 6.79. The lowest BCUT2D eigenvalue weighted by Gasteiger charge is -2.29. The molecule has 0 saturated heterocycles. The molecule has 20 heavy (non-hydrogen) atoms. The first-order valence-electron chi connectivity index (χ1n) is 7.61. The maximum atomic E-state index is 10.9. The molecule has 5 nitrogen and oxygen atoms in total. The third kappa shape index (κ3) is 7.22. The van der Waals surface area contributed by atoms with E-state index >= 15 is 0 Å². The maximum absolute atomic E-state index is 10.9. The molecule has 1 aliphatic carbocycles. The zero-order valence-corrected chi connectivity index (χ0v) is 13.0. The van der Waals surface area contributed by atoms with Crippen molar-refractivity contribution in [2.45, 2.75) is 70.6 Å². The fraction of sp³-hybridized carbons (Fsp3) is 0.933. The number of primary amides is 1. The van der Waals surface area contributed by atoms with Gasteiger partial charge in [0.25, 0.3) is 0 Å². The number of carbonyl (C=O) groups excluding carboxylic acids is 1. The van der Waals surface area contributed by atoms with Gasteiger partial charge in [-0.25, -0.2) is 0 Å². The van der Waals surface area contributed by atoms with Gasteiger partial charge in [0.1, 0.15) is 0 Å². The van der Waals surface area contributed by atoms with Gasteiger partial charge in [0.05, 0.1) is 18.8 Å². The van der Waals surface area contributed by atoms with Crippen LogP contribution in [0.3, 0.4) is 0 Å². The summed E-state index contributed by atoms with van der Waals surface area (Å²) in [5.74, 6) is 0.378. The first-order valence-corrected chi connectivity index (χ1v) is 7.61. The van der Waals surface area contributed by atoms with Crippen molar-refractivity contribution >= 4 is 5.91 Å². The molecule has 118 valence electrons. The number of hydrogen-bond acceptors (Lipinski definition) is 4. The summed E-state index contributed by atoms with van der Waals surface area (Å²) in [6, 6.07) is 0. The Bertz CT molecular complexity index is 307. The fourth-order valence-electron chi connectivity index (χ4n) is 2.73. The highest BCUT2D eigenvalue weighted by Crippen LogP contribution is 2.25. The van der Waals surface area contributed by atoms with Crippen LogP contribution in [-0.4, -0.2) is 41.9 Å². The third-order valence-electron chi connectivity index (χ3n) is 3.85. The minimum absolute atomic E-state index is 0.251. The minimum atomic E-state index is -0.556. The Labute approximate surface area is 122 Å². The van der Waals surface area contributed by atoms with Gasteiger partial charge in [0.15, 0.2) is 0 Å². The lowest BCUT2D eigenvalue weighted by atomic mass is 9.89.